The number of rotatable bonds is 3. The van der Waals surface area contributed by atoms with Crippen molar-refractivity contribution in [1.29, 1.82) is 0 Å². The second kappa shape index (κ2) is 6.88. The summed E-state index contributed by atoms with van der Waals surface area (Å²) in [6, 6.07) is 10.8. The number of nitrogens with zero attached hydrogens (tertiary/aromatic N) is 3. The summed E-state index contributed by atoms with van der Waals surface area (Å²) < 4.78 is 1.75. The molecule has 0 fully saturated rings. The van der Waals surface area contributed by atoms with Gasteiger partial charge < -0.3 is 10.6 Å². The first-order valence-corrected chi connectivity index (χ1v) is 9.36. The first-order chi connectivity index (χ1) is 13.0. The van der Waals surface area contributed by atoms with E-state index in [0.29, 0.717) is 28.5 Å². The summed E-state index contributed by atoms with van der Waals surface area (Å²) in [5, 5.41) is 10.0. The van der Waals surface area contributed by atoms with Crippen LogP contribution in [0.1, 0.15) is 21.7 Å². The number of hydrogen-bond donors (Lipinski definition) is 2. The molecule has 0 radical (unpaired) electrons. The number of anilines is 2. The summed E-state index contributed by atoms with van der Waals surface area (Å²) in [5.41, 5.74) is 3.64. The van der Waals surface area contributed by atoms with Crippen molar-refractivity contribution in [1.82, 2.24) is 14.8 Å². The maximum absolute atomic E-state index is 12.5. The average Bonchev–Trinajstić information content (AvgIpc) is 3.00. The molecule has 136 valence electrons. The van der Waals surface area contributed by atoms with Gasteiger partial charge in [-0.15, -0.1) is 11.8 Å². The minimum Gasteiger partial charge on any atom is -0.324 e. The largest absolute Gasteiger partial charge is 0.324 e. The van der Waals surface area contributed by atoms with Crippen LogP contribution in [-0.2, 0) is 4.79 Å². The summed E-state index contributed by atoms with van der Waals surface area (Å²) in [6.45, 7) is 3.89. The molecule has 3 heterocycles. The summed E-state index contributed by atoms with van der Waals surface area (Å²) >= 11 is 1.46. The molecule has 0 unspecified atom stereocenters. The van der Waals surface area contributed by atoms with Crippen LogP contribution in [0.2, 0.25) is 0 Å². The Labute approximate surface area is 160 Å². The Morgan fingerprint density at radius 3 is 2.78 bits per heavy atom. The van der Waals surface area contributed by atoms with Crippen LogP contribution in [0.5, 0.6) is 0 Å². The fourth-order valence-electron chi connectivity index (χ4n) is 2.87. The fourth-order valence-corrected chi connectivity index (χ4v) is 3.66. The summed E-state index contributed by atoms with van der Waals surface area (Å²) in [6.07, 6.45) is 1.60. The number of fused-ring (bicyclic) bond motifs is 1. The van der Waals surface area contributed by atoms with Gasteiger partial charge in [-0.1, -0.05) is 0 Å². The predicted molar refractivity (Wildman–Crippen MR) is 105 cm³/mol. The van der Waals surface area contributed by atoms with Crippen molar-refractivity contribution in [2.24, 2.45) is 0 Å². The lowest BCUT2D eigenvalue weighted by Gasteiger charge is -2.17. The molecule has 2 N–H and O–H groups in total. The molecule has 1 aromatic carbocycles. The lowest BCUT2D eigenvalue weighted by Crippen LogP contribution is -2.20. The number of hydrogen-bond acceptors (Lipinski definition) is 5. The van der Waals surface area contributed by atoms with E-state index in [1.807, 2.05) is 26.0 Å². The predicted octanol–water partition coefficient (Wildman–Crippen LogP) is 3.18. The Morgan fingerprint density at radius 1 is 1.22 bits per heavy atom. The van der Waals surface area contributed by atoms with Gasteiger partial charge in [-0.3, -0.25) is 9.59 Å². The Bertz CT molecular complexity index is 1040. The average molecular weight is 379 g/mol. The summed E-state index contributed by atoms with van der Waals surface area (Å²) in [5.74, 6) is 0.760. The number of carbonyl (C=O) groups is 2. The molecule has 0 atom stereocenters. The number of carbonyl (C=O) groups excluding carboxylic acids is 2. The molecular weight excluding hydrogens is 362 g/mol. The van der Waals surface area contributed by atoms with Gasteiger partial charge in [-0.25, -0.2) is 9.67 Å². The molecule has 2 amide bonds. The third-order valence-electron chi connectivity index (χ3n) is 4.11. The van der Waals surface area contributed by atoms with Gasteiger partial charge in [0, 0.05) is 16.2 Å². The van der Waals surface area contributed by atoms with Crippen LogP contribution in [0, 0.1) is 13.8 Å². The smallest absolute Gasteiger partial charge is 0.255 e. The van der Waals surface area contributed by atoms with Gasteiger partial charge in [-0.2, -0.15) is 5.10 Å². The van der Waals surface area contributed by atoms with Crippen LogP contribution in [0.25, 0.3) is 5.82 Å². The zero-order valence-corrected chi connectivity index (χ0v) is 15.6. The molecule has 0 bridgehead atoms. The second-order valence-corrected chi connectivity index (χ2v) is 7.26. The molecule has 0 spiro atoms. The number of pyridine rings is 1. The highest BCUT2D eigenvalue weighted by atomic mass is 32.2. The second-order valence-electron chi connectivity index (χ2n) is 6.25. The lowest BCUT2D eigenvalue weighted by molar-refractivity contribution is -0.113. The molecule has 2 aromatic heterocycles. The maximum atomic E-state index is 12.5. The fraction of sp³-hybridized carbons (Fsp3) is 0.158. The zero-order valence-electron chi connectivity index (χ0n) is 14.8. The van der Waals surface area contributed by atoms with Gasteiger partial charge in [0.25, 0.3) is 5.91 Å². The van der Waals surface area contributed by atoms with E-state index in [2.05, 4.69) is 20.7 Å². The van der Waals surface area contributed by atoms with Crippen molar-refractivity contribution in [2.45, 2.75) is 18.7 Å². The number of amides is 2. The van der Waals surface area contributed by atoms with E-state index in [1.54, 1.807) is 35.1 Å². The Morgan fingerprint density at radius 2 is 2.07 bits per heavy atom. The molecule has 8 heteroatoms. The van der Waals surface area contributed by atoms with Crippen LogP contribution >= 0.6 is 11.8 Å². The number of aromatic nitrogens is 3. The Balaban J connectivity index is 1.51. The monoisotopic (exact) mass is 379 g/mol. The molecule has 1 aliphatic rings. The third-order valence-corrected chi connectivity index (χ3v) is 5.18. The van der Waals surface area contributed by atoms with Gasteiger partial charge in [0.15, 0.2) is 5.82 Å². The first-order valence-electron chi connectivity index (χ1n) is 8.37. The van der Waals surface area contributed by atoms with Crippen molar-refractivity contribution in [2.75, 3.05) is 16.4 Å². The van der Waals surface area contributed by atoms with E-state index in [1.165, 1.54) is 11.8 Å². The zero-order chi connectivity index (χ0) is 19.0. The highest BCUT2D eigenvalue weighted by Crippen LogP contribution is 2.32. The van der Waals surface area contributed by atoms with Crippen molar-refractivity contribution in [3.05, 3.63) is 59.5 Å². The minimum absolute atomic E-state index is 0.0611. The first kappa shape index (κ1) is 17.3. The van der Waals surface area contributed by atoms with Gasteiger partial charge >= 0.3 is 0 Å². The van der Waals surface area contributed by atoms with E-state index < -0.39 is 0 Å². The molecule has 0 saturated heterocycles. The quantitative estimate of drug-likeness (QED) is 0.730. The van der Waals surface area contributed by atoms with E-state index >= 15 is 0 Å². The highest BCUT2D eigenvalue weighted by molar-refractivity contribution is 8.00. The lowest BCUT2D eigenvalue weighted by atomic mass is 10.1. The SMILES string of the molecule is Cc1cc(C)n(-c2ccc(NC(=O)c3ccc4c(c3)NC(=O)CS4)cn2)n1. The van der Waals surface area contributed by atoms with Gasteiger partial charge in [0.2, 0.25) is 5.91 Å². The Kier molecular flexibility index (Phi) is 4.41. The number of aryl methyl sites for hydroxylation is 2. The van der Waals surface area contributed by atoms with Crippen molar-refractivity contribution in [3.8, 4) is 5.82 Å². The molecule has 0 aliphatic carbocycles. The van der Waals surface area contributed by atoms with E-state index in [-0.39, 0.29) is 11.8 Å². The van der Waals surface area contributed by atoms with Crippen LogP contribution in [0.15, 0.2) is 47.5 Å². The summed E-state index contributed by atoms with van der Waals surface area (Å²) in [4.78, 5) is 29.4. The molecule has 7 nitrogen and oxygen atoms in total. The highest BCUT2D eigenvalue weighted by Gasteiger charge is 2.17. The maximum Gasteiger partial charge on any atom is 0.255 e. The molecule has 3 aromatic rings. The number of thioether (sulfide) groups is 1. The number of nitrogens with one attached hydrogen (secondary N) is 2. The summed E-state index contributed by atoms with van der Waals surface area (Å²) in [7, 11) is 0. The van der Waals surface area contributed by atoms with Gasteiger partial charge in [-0.05, 0) is 50.2 Å². The van der Waals surface area contributed by atoms with E-state index in [9.17, 15) is 9.59 Å². The van der Waals surface area contributed by atoms with Gasteiger partial charge in [0.05, 0.1) is 29.0 Å². The molecule has 27 heavy (non-hydrogen) atoms. The molecule has 0 saturated carbocycles. The normalized spacial score (nSPS) is 13.0. The minimum atomic E-state index is -0.261. The van der Waals surface area contributed by atoms with Crippen LogP contribution < -0.4 is 10.6 Å². The van der Waals surface area contributed by atoms with Crippen LogP contribution in [0.3, 0.4) is 0 Å². The van der Waals surface area contributed by atoms with Crippen LogP contribution in [-0.4, -0.2) is 32.3 Å². The number of benzene rings is 1. The molecule has 4 rings (SSSR count). The molecular formula is C19H17N5O2S. The van der Waals surface area contributed by atoms with E-state index in [0.717, 1.165) is 16.3 Å². The van der Waals surface area contributed by atoms with E-state index in [4.69, 9.17) is 0 Å². The van der Waals surface area contributed by atoms with Crippen LogP contribution in [0.4, 0.5) is 11.4 Å². The Hall–Kier alpha value is -3.13. The van der Waals surface area contributed by atoms with Crippen molar-refractivity contribution in [3.63, 3.8) is 0 Å². The standard InChI is InChI=1S/C19H17N5O2S/c1-11-7-12(2)24(23-11)17-6-4-14(9-20-17)21-19(26)13-3-5-16-15(8-13)22-18(25)10-27-16/h3-9H,10H2,1-2H3,(H,21,26)(H,22,25). The molecule has 1 aliphatic heterocycles. The van der Waals surface area contributed by atoms with Crippen molar-refractivity contribution >= 4 is 35.0 Å². The van der Waals surface area contributed by atoms with Crippen molar-refractivity contribution < 1.29 is 9.59 Å². The topological polar surface area (TPSA) is 88.9 Å². The third kappa shape index (κ3) is 3.56. The van der Waals surface area contributed by atoms with Gasteiger partial charge in [0.1, 0.15) is 0 Å².